The van der Waals surface area contributed by atoms with Crippen LogP contribution in [0.1, 0.15) is 28.4 Å². The minimum absolute atomic E-state index is 0.0567. The van der Waals surface area contributed by atoms with E-state index in [0.29, 0.717) is 28.7 Å². The summed E-state index contributed by atoms with van der Waals surface area (Å²) in [6.45, 7) is 0. The van der Waals surface area contributed by atoms with Crippen molar-refractivity contribution in [2.75, 3.05) is 19.4 Å². The quantitative estimate of drug-likeness (QED) is 0.341. The molecule has 38 heavy (non-hydrogen) atoms. The zero-order chi connectivity index (χ0) is 26.6. The summed E-state index contributed by atoms with van der Waals surface area (Å²) >= 11 is 0. The first-order chi connectivity index (χ1) is 18.4. The van der Waals surface area contributed by atoms with Gasteiger partial charge >= 0.3 is 6.03 Å². The molecule has 10 nitrogen and oxygen atoms in total. The summed E-state index contributed by atoms with van der Waals surface area (Å²) in [4.78, 5) is 34.9. The van der Waals surface area contributed by atoms with Gasteiger partial charge in [0.05, 0.1) is 17.4 Å². The van der Waals surface area contributed by atoms with Crippen LogP contribution in [-0.2, 0) is 0 Å². The number of halogens is 1. The number of carbonyl (C=O) groups is 2. The standard InChI is InChI=1S/C27H24FN7O3/c1-35(2)27(37)32-19-11-17(13-29-14-19)16-7-9-22-20(12-16)25(34-33-22)26(36)31-18-8-10-24(30-15-18)38-23-6-4-3-5-21(23)28/h3-10,12-15,17H,11H2,1-2H3,(H,31,36)(H,32,37)(H,33,34). The fourth-order valence-corrected chi connectivity index (χ4v) is 3.90. The van der Waals surface area contributed by atoms with E-state index in [1.54, 1.807) is 38.5 Å². The molecule has 0 bridgehead atoms. The Hall–Kier alpha value is -5.06. The highest BCUT2D eigenvalue weighted by Crippen LogP contribution is 2.28. The topological polar surface area (TPSA) is 125 Å². The summed E-state index contributed by atoms with van der Waals surface area (Å²) in [6, 6.07) is 14.6. The Balaban J connectivity index is 1.29. The predicted octanol–water partition coefficient (Wildman–Crippen LogP) is 4.81. The molecule has 3 amide bonds. The number of anilines is 1. The minimum atomic E-state index is -0.499. The second-order valence-corrected chi connectivity index (χ2v) is 8.84. The van der Waals surface area contributed by atoms with E-state index in [2.05, 4.69) is 30.8 Å². The van der Waals surface area contributed by atoms with Crippen molar-refractivity contribution in [1.82, 2.24) is 25.4 Å². The molecular formula is C27H24FN7O3. The van der Waals surface area contributed by atoms with Crippen LogP contribution in [0.15, 0.2) is 77.7 Å². The van der Waals surface area contributed by atoms with Crippen molar-refractivity contribution < 1.29 is 18.7 Å². The van der Waals surface area contributed by atoms with Crippen LogP contribution in [0.3, 0.4) is 0 Å². The number of ether oxygens (including phenoxy) is 1. The van der Waals surface area contributed by atoms with Gasteiger partial charge in [-0.15, -0.1) is 0 Å². The number of H-pyrrole nitrogens is 1. The van der Waals surface area contributed by atoms with Crippen molar-refractivity contribution >= 4 is 34.7 Å². The van der Waals surface area contributed by atoms with Gasteiger partial charge in [-0.1, -0.05) is 18.2 Å². The predicted molar refractivity (Wildman–Crippen MR) is 141 cm³/mol. The molecular weight excluding hydrogens is 489 g/mol. The highest BCUT2D eigenvalue weighted by Gasteiger charge is 2.20. The van der Waals surface area contributed by atoms with Crippen molar-refractivity contribution in [3.05, 3.63) is 89.8 Å². The SMILES string of the molecule is CN(C)C(=O)NC1=CN=CC(c2ccc3[nH]nc(C(=O)Nc4ccc(Oc5ccccc5F)nc4)c3c2)C1. The lowest BCUT2D eigenvalue weighted by molar-refractivity contribution is 0.102. The molecule has 0 aliphatic carbocycles. The monoisotopic (exact) mass is 513 g/mol. The molecule has 0 saturated carbocycles. The van der Waals surface area contributed by atoms with Crippen molar-refractivity contribution in [3.8, 4) is 11.6 Å². The Kier molecular flexibility index (Phi) is 6.81. The Morgan fingerprint density at radius 3 is 2.71 bits per heavy atom. The fourth-order valence-electron chi connectivity index (χ4n) is 3.90. The number of carbonyl (C=O) groups excluding carboxylic acids is 2. The number of urea groups is 1. The van der Waals surface area contributed by atoms with Gasteiger partial charge in [0.1, 0.15) is 0 Å². The third-order valence-corrected chi connectivity index (χ3v) is 5.89. The number of rotatable bonds is 6. The van der Waals surface area contributed by atoms with Gasteiger partial charge in [-0.05, 0) is 35.9 Å². The van der Waals surface area contributed by atoms with Gasteiger partial charge in [0, 0.05) is 56.0 Å². The van der Waals surface area contributed by atoms with E-state index >= 15 is 0 Å². The first-order valence-corrected chi connectivity index (χ1v) is 11.8. The maximum absolute atomic E-state index is 13.8. The Bertz CT molecular complexity index is 1560. The molecule has 1 aliphatic heterocycles. The number of aliphatic imine (C=N–C) groups is 1. The molecule has 0 fully saturated rings. The normalized spacial score (nSPS) is 14.6. The molecule has 1 atom stereocenters. The Morgan fingerprint density at radius 1 is 1.11 bits per heavy atom. The van der Waals surface area contributed by atoms with E-state index in [1.165, 1.54) is 29.3 Å². The zero-order valence-corrected chi connectivity index (χ0v) is 20.6. The van der Waals surface area contributed by atoms with Crippen LogP contribution >= 0.6 is 0 Å². The highest BCUT2D eigenvalue weighted by atomic mass is 19.1. The molecule has 1 unspecified atom stereocenters. The van der Waals surface area contributed by atoms with E-state index in [1.807, 2.05) is 24.4 Å². The summed E-state index contributed by atoms with van der Waals surface area (Å²) in [5.41, 5.74) is 2.98. The number of allylic oxidation sites excluding steroid dienone is 1. The lowest BCUT2D eigenvalue weighted by Gasteiger charge is -2.20. The number of amides is 3. The lowest BCUT2D eigenvalue weighted by atomic mass is 9.93. The number of hydrogen-bond donors (Lipinski definition) is 3. The molecule has 3 N–H and O–H groups in total. The third kappa shape index (κ3) is 5.36. The number of fused-ring (bicyclic) bond motifs is 1. The van der Waals surface area contributed by atoms with Crippen LogP contribution in [0.25, 0.3) is 10.9 Å². The average molecular weight is 514 g/mol. The maximum atomic E-state index is 13.8. The van der Waals surface area contributed by atoms with Gasteiger partial charge in [-0.25, -0.2) is 14.2 Å². The summed E-state index contributed by atoms with van der Waals surface area (Å²) in [6.07, 6.45) is 5.42. The van der Waals surface area contributed by atoms with Gasteiger partial charge in [-0.2, -0.15) is 5.10 Å². The first kappa shape index (κ1) is 24.6. The van der Waals surface area contributed by atoms with Crippen LogP contribution in [0, 0.1) is 5.82 Å². The third-order valence-electron chi connectivity index (χ3n) is 5.89. The maximum Gasteiger partial charge on any atom is 0.321 e. The van der Waals surface area contributed by atoms with Crippen molar-refractivity contribution in [2.24, 2.45) is 4.99 Å². The molecule has 11 heteroatoms. The van der Waals surface area contributed by atoms with Crippen LogP contribution in [0.4, 0.5) is 14.9 Å². The smallest absolute Gasteiger partial charge is 0.321 e. The molecule has 1 aliphatic rings. The molecule has 5 rings (SSSR count). The molecule has 3 heterocycles. The van der Waals surface area contributed by atoms with Gasteiger partial charge in [0.25, 0.3) is 5.91 Å². The zero-order valence-electron chi connectivity index (χ0n) is 20.6. The summed E-state index contributed by atoms with van der Waals surface area (Å²) in [5.74, 6) is -0.761. The number of nitrogens with one attached hydrogen (secondary N) is 3. The van der Waals surface area contributed by atoms with Crippen molar-refractivity contribution in [3.63, 3.8) is 0 Å². The van der Waals surface area contributed by atoms with E-state index in [-0.39, 0.29) is 29.3 Å². The molecule has 4 aromatic rings. The molecule has 0 saturated heterocycles. The van der Waals surface area contributed by atoms with Crippen molar-refractivity contribution in [1.29, 1.82) is 0 Å². The highest BCUT2D eigenvalue weighted by molar-refractivity contribution is 6.11. The first-order valence-electron chi connectivity index (χ1n) is 11.8. The molecule has 0 spiro atoms. The van der Waals surface area contributed by atoms with E-state index in [0.717, 1.165) is 5.56 Å². The number of pyridine rings is 1. The number of hydrogen-bond acceptors (Lipinski definition) is 6. The summed E-state index contributed by atoms with van der Waals surface area (Å²) < 4.78 is 19.3. The minimum Gasteiger partial charge on any atom is -0.436 e. The number of aromatic nitrogens is 3. The lowest BCUT2D eigenvalue weighted by Crippen LogP contribution is -2.34. The number of benzene rings is 2. The number of nitrogens with zero attached hydrogens (tertiary/aromatic N) is 4. The second kappa shape index (κ2) is 10.5. The Morgan fingerprint density at radius 2 is 1.95 bits per heavy atom. The van der Waals surface area contributed by atoms with Gasteiger partial charge in [0.2, 0.25) is 5.88 Å². The number of para-hydroxylation sites is 1. The van der Waals surface area contributed by atoms with E-state index < -0.39 is 11.7 Å². The van der Waals surface area contributed by atoms with Crippen molar-refractivity contribution in [2.45, 2.75) is 12.3 Å². The summed E-state index contributed by atoms with van der Waals surface area (Å²) in [5, 5.41) is 13.4. The van der Waals surface area contributed by atoms with Gasteiger partial charge in [0.15, 0.2) is 17.3 Å². The van der Waals surface area contributed by atoms with E-state index in [4.69, 9.17) is 4.74 Å². The van der Waals surface area contributed by atoms with Crippen LogP contribution in [0.5, 0.6) is 11.6 Å². The fraction of sp³-hybridized carbons (Fsp3) is 0.148. The van der Waals surface area contributed by atoms with Crippen LogP contribution < -0.4 is 15.4 Å². The number of aromatic amines is 1. The van der Waals surface area contributed by atoms with Crippen LogP contribution in [0.2, 0.25) is 0 Å². The Labute approximate surface area is 217 Å². The molecule has 192 valence electrons. The van der Waals surface area contributed by atoms with Gasteiger partial charge in [-0.3, -0.25) is 14.9 Å². The largest absolute Gasteiger partial charge is 0.436 e. The van der Waals surface area contributed by atoms with Crippen LogP contribution in [-0.4, -0.2) is 52.3 Å². The summed E-state index contributed by atoms with van der Waals surface area (Å²) in [7, 11) is 3.34. The molecule has 2 aromatic heterocycles. The second-order valence-electron chi connectivity index (χ2n) is 8.84. The molecule has 0 radical (unpaired) electrons. The van der Waals surface area contributed by atoms with E-state index in [9.17, 15) is 14.0 Å². The average Bonchev–Trinajstić information content (AvgIpc) is 3.35. The van der Waals surface area contributed by atoms with Gasteiger partial charge < -0.3 is 20.3 Å². The molecule has 2 aromatic carbocycles.